The quantitative estimate of drug-likeness (QED) is 0.344. The van der Waals surface area contributed by atoms with Crippen LogP contribution >= 0.6 is 7.82 Å². The van der Waals surface area contributed by atoms with E-state index in [9.17, 15) is 30.9 Å². The first-order valence-electron chi connectivity index (χ1n) is 7.71. The van der Waals surface area contributed by atoms with Gasteiger partial charge in [-0.25, -0.2) is 13.2 Å². The molecule has 0 aromatic heterocycles. The molecule has 0 atom stereocenters. The fourth-order valence-electron chi connectivity index (χ4n) is 2.08. The lowest BCUT2D eigenvalue weighted by molar-refractivity contribution is 0.278. The van der Waals surface area contributed by atoms with Gasteiger partial charge < -0.3 is 13.6 Å². The topological polar surface area (TPSA) is 44.8 Å². The van der Waals surface area contributed by atoms with Crippen molar-refractivity contribution in [2.24, 2.45) is 0 Å². The largest absolute Gasteiger partial charge is 0.647 e. The summed E-state index contributed by atoms with van der Waals surface area (Å²) in [6, 6.07) is 7.54. The number of hydrogen-bond acceptors (Lipinski definition) is 4. The summed E-state index contributed by atoms with van der Waals surface area (Å²) >= 11 is 0. The summed E-state index contributed by atoms with van der Waals surface area (Å²) in [4.78, 5) is 0. The average Bonchev–Trinajstić information content (AvgIpc) is 2.67. The second-order valence-corrected chi connectivity index (χ2v) is 6.82. The van der Waals surface area contributed by atoms with Gasteiger partial charge >= 0.3 is 7.82 Å². The molecule has 0 amide bonds. The predicted octanol–water partition coefficient (Wildman–Crippen LogP) is 6.17. The van der Waals surface area contributed by atoms with Gasteiger partial charge in [0.15, 0.2) is 34.7 Å². The normalized spacial score (nSPS) is 11.2. The number of phosphoric acid groups is 1. The molecule has 11 heteroatoms. The van der Waals surface area contributed by atoms with Crippen LogP contribution in [-0.4, -0.2) is 0 Å². The van der Waals surface area contributed by atoms with Gasteiger partial charge in [0.25, 0.3) is 0 Å². The van der Waals surface area contributed by atoms with E-state index in [1.807, 2.05) is 0 Å². The Bertz CT molecular complexity index is 971. The lowest BCUT2D eigenvalue weighted by Gasteiger charge is -2.20. The van der Waals surface area contributed by atoms with Gasteiger partial charge in [-0.2, -0.15) is 17.7 Å². The van der Waals surface area contributed by atoms with Crippen molar-refractivity contribution in [1.29, 1.82) is 0 Å². The molecule has 0 heterocycles. The van der Waals surface area contributed by atoms with E-state index in [-0.39, 0.29) is 0 Å². The molecular formula is C18H9F6O4P. The standard InChI is InChI=1S/C18H9F6O4P/c19-10-4-1-7-13(16(10)22)26-29(25,27-14-8-2-5-11(20)17(14)23)28-15-9-3-6-12(21)18(15)24/h1-9H. The van der Waals surface area contributed by atoms with Crippen LogP contribution in [0.25, 0.3) is 0 Å². The molecule has 0 unspecified atom stereocenters. The zero-order valence-electron chi connectivity index (χ0n) is 14.0. The maximum absolute atomic E-state index is 13.9. The number of phosphoric ester groups is 1. The molecule has 0 radical (unpaired) electrons. The third-order valence-corrected chi connectivity index (χ3v) is 4.64. The van der Waals surface area contributed by atoms with Gasteiger partial charge in [-0.05, 0) is 36.4 Å². The maximum Gasteiger partial charge on any atom is 0.647 e. The molecule has 3 rings (SSSR count). The minimum Gasteiger partial charge on any atom is -0.383 e. The van der Waals surface area contributed by atoms with Crippen LogP contribution in [0.1, 0.15) is 0 Å². The molecule has 0 spiro atoms. The van der Waals surface area contributed by atoms with Crippen LogP contribution in [-0.2, 0) is 4.57 Å². The zero-order chi connectivity index (χ0) is 21.2. The van der Waals surface area contributed by atoms with E-state index < -0.39 is 60.0 Å². The highest BCUT2D eigenvalue weighted by Crippen LogP contribution is 2.51. The molecule has 0 N–H and O–H groups in total. The second-order valence-electron chi connectivity index (χ2n) is 5.38. The summed E-state index contributed by atoms with van der Waals surface area (Å²) in [5.74, 6) is -12.0. The van der Waals surface area contributed by atoms with Crippen molar-refractivity contribution in [2.45, 2.75) is 0 Å². The SMILES string of the molecule is O=P(Oc1cccc(F)c1F)(Oc1cccc(F)c1F)Oc1cccc(F)c1F. The van der Waals surface area contributed by atoms with Crippen molar-refractivity contribution in [2.75, 3.05) is 0 Å². The van der Waals surface area contributed by atoms with Gasteiger partial charge in [-0.3, -0.25) is 0 Å². The first kappa shape index (κ1) is 20.6. The van der Waals surface area contributed by atoms with Crippen molar-refractivity contribution in [1.82, 2.24) is 0 Å². The average molecular weight is 434 g/mol. The summed E-state index contributed by atoms with van der Waals surface area (Å²) in [5.41, 5.74) is 0. The van der Waals surface area contributed by atoms with Crippen LogP contribution in [0.3, 0.4) is 0 Å². The number of benzene rings is 3. The van der Waals surface area contributed by atoms with Crippen LogP contribution in [0.15, 0.2) is 54.6 Å². The van der Waals surface area contributed by atoms with Crippen molar-refractivity contribution in [3.05, 3.63) is 89.5 Å². The zero-order valence-corrected chi connectivity index (χ0v) is 14.9. The molecule has 0 aliphatic heterocycles. The monoisotopic (exact) mass is 434 g/mol. The van der Waals surface area contributed by atoms with E-state index >= 15 is 0 Å². The fraction of sp³-hybridized carbons (Fsp3) is 0. The van der Waals surface area contributed by atoms with Gasteiger partial charge in [-0.15, -0.1) is 0 Å². The highest BCUT2D eigenvalue weighted by atomic mass is 31.2. The summed E-state index contributed by atoms with van der Waals surface area (Å²) in [6.45, 7) is 0. The molecule has 29 heavy (non-hydrogen) atoms. The maximum atomic E-state index is 13.9. The van der Waals surface area contributed by atoms with Crippen LogP contribution < -0.4 is 13.6 Å². The lowest BCUT2D eigenvalue weighted by Crippen LogP contribution is -2.11. The van der Waals surface area contributed by atoms with E-state index in [2.05, 4.69) is 0 Å². The minimum atomic E-state index is -5.25. The third kappa shape index (κ3) is 4.48. The summed E-state index contributed by atoms with van der Waals surface area (Å²) in [7, 11) is -5.25. The molecule has 3 aromatic carbocycles. The summed E-state index contributed by atoms with van der Waals surface area (Å²) < 4.78 is 109. The molecule has 0 aliphatic rings. The van der Waals surface area contributed by atoms with Crippen molar-refractivity contribution in [3.63, 3.8) is 0 Å². The number of rotatable bonds is 6. The van der Waals surface area contributed by atoms with Crippen molar-refractivity contribution in [3.8, 4) is 17.2 Å². The Kier molecular flexibility index (Phi) is 5.74. The minimum absolute atomic E-state index is 0.716. The molecule has 0 saturated heterocycles. The van der Waals surface area contributed by atoms with Crippen LogP contribution in [0.5, 0.6) is 17.2 Å². The Morgan fingerprint density at radius 3 is 1.07 bits per heavy atom. The first-order valence-corrected chi connectivity index (χ1v) is 9.17. The highest BCUT2D eigenvalue weighted by Gasteiger charge is 2.37. The molecular weight excluding hydrogens is 425 g/mol. The smallest absolute Gasteiger partial charge is 0.383 e. The first-order chi connectivity index (χ1) is 13.7. The lowest BCUT2D eigenvalue weighted by atomic mass is 10.3. The van der Waals surface area contributed by atoms with Gasteiger partial charge in [-0.1, -0.05) is 18.2 Å². The molecule has 0 bridgehead atoms. The molecule has 4 nitrogen and oxygen atoms in total. The predicted molar refractivity (Wildman–Crippen MR) is 88.6 cm³/mol. The van der Waals surface area contributed by atoms with Gasteiger partial charge in [0.1, 0.15) is 0 Å². The van der Waals surface area contributed by atoms with E-state index in [1.165, 1.54) is 0 Å². The Hall–Kier alpha value is -3.13. The molecule has 0 aliphatic carbocycles. The van der Waals surface area contributed by atoms with Gasteiger partial charge in [0.05, 0.1) is 0 Å². The van der Waals surface area contributed by atoms with E-state index in [0.29, 0.717) is 18.2 Å². The van der Waals surface area contributed by atoms with Crippen LogP contribution in [0.2, 0.25) is 0 Å². The fourth-order valence-corrected chi connectivity index (χ4v) is 3.34. The van der Waals surface area contributed by atoms with Gasteiger partial charge in [0, 0.05) is 0 Å². The van der Waals surface area contributed by atoms with Crippen molar-refractivity contribution < 1.29 is 44.5 Å². The Morgan fingerprint density at radius 1 is 0.517 bits per heavy atom. The van der Waals surface area contributed by atoms with E-state index in [0.717, 1.165) is 36.4 Å². The number of halogens is 6. The van der Waals surface area contributed by atoms with Crippen LogP contribution in [0.4, 0.5) is 26.3 Å². The molecule has 152 valence electrons. The third-order valence-electron chi connectivity index (χ3n) is 3.38. The summed E-state index contributed by atoms with van der Waals surface area (Å²) in [5, 5.41) is 0. The molecule has 3 aromatic rings. The van der Waals surface area contributed by atoms with Crippen LogP contribution in [0, 0.1) is 34.9 Å². The van der Waals surface area contributed by atoms with Gasteiger partial charge in [0.2, 0.25) is 17.5 Å². The highest BCUT2D eigenvalue weighted by molar-refractivity contribution is 7.49. The second kappa shape index (κ2) is 8.08. The van der Waals surface area contributed by atoms with Crippen molar-refractivity contribution >= 4 is 7.82 Å². The van der Waals surface area contributed by atoms with E-state index in [4.69, 9.17) is 13.6 Å². The molecule has 0 saturated carbocycles. The summed E-state index contributed by atoms with van der Waals surface area (Å²) in [6.07, 6.45) is 0. The Balaban J connectivity index is 2.04. The number of hydrogen-bond donors (Lipinski definition) is 0. The van der Waals surface area contributed by atoms with E-state index in [1.54, 1.807) is 0 Å². The molecule has 0 fully saturated rings. The Morgan fingerprint density at radius 2 is 0.793 bits per heavy atom. The Labute approximate surface area is 159 Å².